The Bertz CT molecular complexity index is 723. The van der Waals surface area contributed by atoms with Crippen LogP contribution in [-0.2, 0) is 0 Å². The van der Waals surface area contributed by atoms with Crippen molar-refractivity contribution >= 4 is 35.6 Å². The van der Waals surface area contributed by atoms with E-state index in [0.29, 0.717) is 11.9 Å². The van der Waals surface area contributed by atoms with E-state index in [1.807, 2.05) is 54.6 Å². The summed E-state index contributed by atoms with van der Waals surface area (Å²) in [5.74, 6) is 2.62. The fourth-order valence-corrected chi connectivity index (χ4v) is 3.26. The Morgan fingerprint density at radius 3 is 2.74 bits per heavy atom. The number of guanidine groups is 1. The summed E-state index contributed by atoms with van der Waals surface area (Å²) in [5, 5.41) is 3.17. The fraction of sp³-hybridized carbons (Fsp3) is 0.381. The van der Waals surface area contributed by atoms with Crippen LogP contribution in [0, 0.1) is 5.92 Å². The van der Waals surface area contributed by atoms with Crippen LogP contribution in [0.2, 0.25) is 0 Å². The number of halogens is 1. The van der Waals surface area contributed by atoms with Gasteiger partial charge in [0, 0.05) is 24.8 Å². The number of benzene rings is 2. The highest BCUT2D eigenvalue weighted by atomic mass is 127. The van der Waals surface area contributed by atoms with Gasteiger partial charge in [-0.05, 0) is 56.1 Å². The number of rotatable bonds is 6. The fourth-order valence-electron chi connectivity index (χ4n) is 3.26. The summed E-state index contributed by atoms with van der Waals surface area (Å²) in [7, 11) is 0. The van der Waals surface area contributed by atoms with Crippen LogP contribution in [0.4, 0.5) is 5.69 Å². The maximum absolute atomic E-state index is 6.08. The average molecular weight is 480 g/mol. The van der Waals surface area contributed by atoms with E-state index in [2.05, 4.69) is 22.1 Å². The first kappa shape index (κ1) is 21.5. The second kappa shape index (κ2) is 11.1. The van der Waals surface area contributed by atoms with Crippen molar-refractivity contribution in [3.63, 3.8) is 0 Å². The Morgan fingerprint density at radius 1 is 1.19 bits per heavy atom. The van der Waals surface area contributed by atoms with Crippen molar-refractivity contribution in [2.75, 3.05) is 31.5 Å². The van der Waals surface area contributed by atoms with Gasteiger partial charge in [0.25, 0.3) is 0 Å². The molecule has 1 fully saturated rings. The van der Waals surface area contributed by atoms with Crippen LogP contribution in [0.3, 0.4) is 0 Å². The number of anilines is 1. The quantitative estimate of drug-likeness (QED) is 0.362. The van der Waals surface area contributed by atoms with Crippen molar-refractivity contribution in [1.29, 1.82) is 0 Å². The summed E-state index contributed by atoms with van der Waals surface area (Å²) in [4.78, 5) is 7.03. The van der Waals surface area contributed by atoms with Crippen LogP contribution < -0.4 is 15.8 Å². The summed E-state index contributed by atoms with van der Waals surface area (Å²) in [6.45, 7) is 6.43. The third-order valence-corrected chi connectivity index (χ3v) is 4.66. The molecule has 0 aliphatic carbocycles. The third kappa shape index (κ3) is 7.03. The molecule has 5 nitrogen and oxygen atoms in total. The SMILES string of the molecule is CCN1CCCC(CN=C(N)Nc2cccc(Oc3ccccc3)c2)C1.I. The smallest absolute Gasteiger partial charge is 0.193 e. The van der Waals surface area contributed by atoms with Gasteiger partial charge in [-0.15, -0.1) is 24.0 Å². The lowest BCUT2D eigenvalue weighted by atomic mass is 9.98. The predicted molar refractivity (Wildman–Crippen MR) is 123 cm³/mol. The Kier molecular flexibility index (Phi) is 8.87. The van der Waals surface area contributed by atoms with Crippen LogP contribution in [0.5, 0.6) is 11.5 Å². The molecule has 0 spiro atoms. The van der Waals surface area contributed by atoms with E-state index < -0.39 is 0 Å². The number of piperidine rings is 1. The molecule has 146 valence electrons. The zero-order valence-electron chi connectivity index (χ0n) is 15.8. The first-order valence-corrected chi connectivity index (χ1v) is 9.35. The van der Waals surface area contributed by atoms with Crippen molar-refractivity contribution in [3.8, 4) is 11.5 Å². The summed E-state index contributed by atoms with van der Waals surface area (Å²) < 4.78 is 5.85. The summed E-state index contributed by atoms with van der Waals surface area (Å²) in [6, 6.07) is 17.5. The molecule has 1 aliphatic rings. The molecular weight excluding hydrogens is 451 g/mol. The number of hydrogen-bond acceptors (Lipinski definition) is 3. The number of nitrogens with zero attached hydrogens (tertiary/aromatic N) is 2. The molecule has 3 N–H and O–H groups in total. The summed E-state index contributed by atoms with van der Waals surface area (Å²) >= 11 is 0. The highest BCUT2D eigenvalue weighted by Crippen LogP contribution is 2.23. The molecule has 3 rings (SSSR count). The summed E-state index contributed by atoms with van der Waals surface area (Å²) in [5.41, 5.74) is 6.95. The molecule has 1 unspecified atom stereocenters. The van der Waals surface area contributed by atoms with E-state index in [0.717, 1.165) is 36.8 Å². The minimum Gasteiger partial charge on any atom is -0.457 e. The van der Waals surface area contributed by atoms with E-state index in [-0.39, 0.29) is 24.0 Å². The van der Waals surface area contributed by atoms with Gasteiger partial charge in [0.05, 0.1) is 0 Å². The highest BCUT2D eigenvalue weighted by Gasteiger charge is 2.18. The van der Waals surface area contributed by atoms with Gasteiger partial charge < -0.3 is 20.7 Å². The topological polar surface area (TPSA) is 62.9 Å². The van der Waals surface area contributed by atoms with Gasteiger partial charge in [0.1, 0.15) is 11.5 Å². The van der Waals surface area contributed by atoms with Gasteiger partial charge >= 0.3 is 0 Å². The monoisotopic (exact) mass is 480 g/mol. The number of nitrogens with two attached hydrogens (primary N) is 1. The molecule has 0 amide bonds. The molecule has 2 aromatic rings. The molecule has 2 aromatic carbocycles. The lowest BCUT2D eigenvalue weighted by molar-refractivity contribution is 0.187. The van der Waals surface area contributed by atoms with Gasteiger partial charge in [-0.1, -0.05) is 31.2 Å². The van der Waals surface area contributed by atoms with Crippen molar-refractivity contribution in [1.82, 2.24) is 4.90 Å². The van der Waals surface area contributed by atoms with Crippen LogP contribution in [-0.4, -0.2) is 37.0 Å². The molecule has 1 atom stereocenters. The standard InChI is InChI=1S/C21H28N4O.HI/c1-2-25-13-7-8-17(16-25)15-23-21(22)24-18-9-6-12-20(14-18)26-19-10-4-3-5-11-19;/h3-6,9-12,14,17H,2,7-8,13,15-16H2,1H3,(H3,22,23,24);1H. The van der Waals surface area contributed by atoms with Gasteiger partial charge in [-0.25, -0.2) is 0 Å². The number of para-hydroxylation sites is 1. The number of nitrogens with one attached hydrogen (secondary N) is 1. The van der Waals surface area contributed by atoms with Crippen molar-refractivity contribution in [2.45, 2.75) is 19.8 Å². The van der Waals surface area contributed by atoms with Gasteiger partial charge in [-0.2, -0.15) is 0 Å². The zero-order chi connectivity index (χ0) is 18.2. The van der Waals surface area contributed by atoms with Crippen LogP contribution in [0.25, 0.3) is 0 Å². The van der Waals surface area contributed by atoms with Crippen molar-refractivity contribution in [2.24, 2.45) is 16.6 Å². The van der Waals surface area contributed by atoms with Gasteiger partial charge in [0.2, 0.25) is 0 Å². The Labute approximate surface area is 179 Å². The van der Waals surface area contributed by atoms with E-state index >= 15 is 0 Å². The predicted octanol–water partition coefficient (Wildman–Crippen LogP) is 4.56. The zero-order valence-corrected chi connectivity index (χ0v) is 18.1. The maximum atomic E-state index is 6.08. The van der Waals surface area contributed by atoms with Crippen molar-refractivity contribution < 1.29 is 4.74 Å². The second-order valence-corrected chi connectivity index (χ2v) is 6.70. The van der Waals surface area contributed by atoms with E-state index in [9.17, 15) is 0 Å². The first-order chi connectivity index (χ1) is 12.7. The number of likely N-dealkylation sites (tertiary alicyclic amines) is 1. The lowest BCUT2D eigenvalue weighted by Crippen LogP contribution is -2.36. The first-order valence-electron chi connectivity index (χ1n) is 9.35. The number of aliphatic imine (C=N–C) groups is 1. The van der Waals surface area contributed by atoms with E-state index in [4.69, 9.17) is 10.5 Å². The Balaban J connectivity index is 0.00000261. The Hall–Kier alpha value is -1.80. The van der Waals surface area contributed by atoms with Gasteiger partial charge in [0.15, 0.2) is 5.96 Å². The molecule has 0 radical (unpaired) electrons. The van der Waals surface area contributed by atoms with Crippen molar-refractivity contribution in [3.05, 3.63) is 54.6 Å². The van der Waals surface area contributed by atoms with Crippen LogP contribution in [0.1, 0.15) is 19.8 Å². The maximum Gasteiger partial charge on any atom is 0.193 e. The number of ether oxygens (including phenoxy) is 1. The molecular formula is C21H29IN4O. The van der Waals surface area contributed by atoms with Gasteiger partial charge in [-0.3, -0.25) is 4.99 Å². The van der Waals surface area contributed by atoms with E-state index in [1.165, 1.54) is 19.4 Å². The lowest BCUT2D eigenvalue weighted by Gasteiger charge is -2.30. The van der Waals surface area contributed by atoms with E-state index in [1.54, 1.807) is 0 Å². The molecule has 1 saturated heterocycles. The normalized spacial score (nSPS) is 17.8. The largest absolute Gasteiger partial charge is 0.457 e. The summed E-state index contributed by atoms with van der Waals surface area (Å²) in [6.07, 6.45) is 2.48. The Morgan fingerprint density at radius 2 is 1.96 bits per heavy atom. The minimum atomic E-state index is 0. The molecule has 27 heavy (non-hydrogen) atoms. The average Bonchev–Trinajstić information content (AvgIpc) is 2.68. The third-order valence-electron chi connectivity index (χ3n) is 4.66. The molecule has 6 heteroatoms. The molecule has 0 bridgehead atoms. The molecule has 1 aliphatic heterocycles. The number of hydrogen-bond donors (Lipinski definition) is 2. The molecule has 1 heterocycles. The minimum absolute atomic E-state index is 0. The van der Waals surface area contributed by atoms with Crippen LogP contribution in [0.15, 0.2) is 59.6 Å². The molecule has 0 saturated carbocycles. The van der Waals surface area contributed by atoms with Crippen LogP contribution >= 0.6 is 24.0 Å². The molecule has 0 aromatic heterocycles. The highest BCUT2D eigenvalue weighted by molar-refractivity contribution is 14.0. The second-order valence-electron chi connectivity index (χ2n) is 6.70.